The second kappa shape index (κ2) is 65.5. The minimum Gasteiger partial charge on any atom is -0.478 e. The molecule has 0 unspecified atom stereocenters. The number of hydrogen-bond acceptors (Lipinski definition) is 2. The summed E-state index contributed by atoms with van der Waals surface area (Å²) in [5.41, 5.74) is 0. The monoisotopic (exact) mass is 1010 g/mol. The zero-order valence-electron chi connectivity index (χ0n) is 48.9. The maximum Gasteiger partial charge on any atom is 0.327 e. The predicted molar refractivity (Wildman–Crippen MR) is 320 cm³/mol. The first-order chi connectivity index (χ1) is 35.6. The van der Waals surface area contributed by atoms with Crippen LogP contribution in [0, 0.1) is 0 Å². The second-order valence-corrected chi connectivity index (χ2v) is 23.3. The summed E-state index contributed by atoms with van der Waals surface area (Å²) >= 11 is 0. The van der Waals surface area contributed by atoms with Crippen molar-refractivity contribution in [2.45, 2.75) is 398 Å². The molecule has 72 heavy (non-hydrogen) atoms. The summed E-state index contributed by atoms with van der Waals surface area (Å²) in [6.45, 7) is 0. The van der Waals surface area contributed by atoms with Crippen LogP contribution in [0.25, 0.3) is 0 Å². The van der Waals surface area contributed by atoms with E-state index in [9.17, 15) is 9.59 Å². The molecule has 0 fully saturated rings. The van der Waals surface area contributed by atoms with Crippen molar-refractivity contribution in [1.82, 2.24) is 0 Å². The first-order valence-electron chi connectivity index (χ1n) is 33.4. The van der Waals surface area contributed by atoms with Crippen LogP contribution in [0.1, 0.15) is 398 Å². The van der Waals surface area contributed by atoms with Crippen LogP contribution in [0.4, 0.5) is 0 Å². The van der Waals surface area contributed by atoms with Crippen molar-refractivity contribution in [3.05, 3.63) is 24.3 Å². The van der Waals surface area contributed by atoms with Crippen LogP contribution in [0.5, 0.6) is 0 Å². The van der Waals surface area contributed by atoms with Crippen LogP contribution in [0.3, 0.4) is 0 Å². The molecule has 0 saturated heterocycles. The highest BCUT2D eigenvalue weighted by Gasteiger charge is 2.01. The summed E-state index contributed by atoms with van der Waals surface area (Å²) in [6, 6.07) is 0. The molecule has 0 aromatic heterocycles. The summed E-state index contributed by atoms with van der Waals surface area (Å²) in [4.78, 5) is 20.9. The molecular formula is C68H130O4. The lowest BCUT2D eigenvalue weighted by Gasteiger charge is -2.05. The van der Waals surface area contributed by atoms with Gasteiger partial charge < -0.3 is 10.2 Å². The molecule has 0 saturated carbocycles. The summed E-state index contributed by atoms with van der Waals surface area (Å²) in [7, 11) is 0. The van der Waals surface area contributed by atoms with Gasteiger partial charge in [0, 0.05) is 12.2 Å². The minimum absolute atomic E-state index is 0.828. The highest BCUT2D eigenvalue weighted by atomic mass is 16.4. The van der Waals surface area contributed by atoms with Crippen LogP contribution in [0.15, 0.2) is 24.3 Å². The van der Waals surface area contributed by atoms with Gasteiger partial charge in [-0.25, -0.2) is 9.59 Å². The van der Waals surface area contributed by atoms with Gasteiger partial charge in [0.2, 0.25) is 0 Å². The fourth-order valence-electron chi connectivity index (χ4n) is 11.1. The molecule has 2 N–H and O–H groups in total. The zero-order chi connectivity index (χ0) is 51.8. The van der Waals surface area contributed by atoms with Gasteiger partial charge in [-0.15, -0.1) is 0 Å². The molecule has 0 rings (SSSR count). The van der Waals surface area contributed by atoms with Gasteiger partial charge in [0.05, 0.1) is 0 Å². The fourth-order valence-corrected chi connectivity index (χ4v) is 11.1. The van der Waals surface area contributed by atoms with Crippen molar-refractivity contribution in [1.29, 1.82) is 0 Å². The van der Waals surface area contributed by atoms with E-state index in [2.05, 4.69) is 0 Å². The number of unbranched alkanes of at least 4 members (excludes halogenated alkanes) is 61. The van der Waals surface area contributed by atoms with E-state index >= 15 is 0 Å². The topological polar surface area (TPSA) is 74.6 Å². The van der Waals surface area contributed by atoms with Gasteiger partial charge in [-0.2, -0.15) is 0 Å². The molecule has 0 heterocycles. The Hall–Kier alpha value is -1.58. The van der Waals surface area contributed by atoms with E-state index in [0.29, 0.717) is 0 Å². The Balaban J connectivity index is 3.09. The number of carboxylic acids is 2. The third-order valence-electron chi connectivity index (χ3n) is 16.0. The van der Waals surface area contributed by atoms with Crippen molar-refractivity contribution in [3.63, 3.8) is 0 Å². The van der Waals surface area contributed by atoms with Crippen LogP contribution < -0.4 is 0 Å². The van der Waals surface area contributed by atoms with Gasteiger partial charge in [-0.3, -0.25) is 0 Å². The van der Waals surface area contributed by atoms with Gasteiger partial charge in [0.25, 0.3) is 0 Å². The number of aliphatic carboxylic acids is 2. The second-order valence-electron chi connectivity index (χ2n) is 23.3. The van der Waals surface area contributed by atoms with E-state index in [0.717, 1.165) is 25.7 Å². The highest BCUT2D eigenvalue weighted by Crippen LogP contribution is 2.20. The molecule has 0 spiro atoms. The van der Waals surface area contributed by atoms with E-state index in [-0.39, 0.29) is 0 Å². The summed E-state index contributed by atoms with van der Waals surface area (Å²) in [5.74, 6) is -1.66. The smallest absolute Gasteiger partial charge is 0.327 e. The lowest BCUT2D eigenvalue weighted by Crippen LogP contribution is -1.86. The van der Waals surface area contributed by atoms with Crippen molar-refractivity contribution >= 4 is 11.9 Å². The first kappa shape index (κ1) is 70.4. The van der Waals surface area contributed by atoms with E-state index in [4.69, 9.17) is 10.2 Å². The first-order valence-corrected chi connectivity index (χ1v) is 33.4. The van der Waals surface area contributed by atoms with Gasteiger partial charge in [-0.1, -0.05) is 385 Å². The number of hydrogen-bond donors (Lipinski definition) is 2. The zero-order valence-corrected chi connectivity index (χ0v) is 48.9. The van der Waals surface area contributed by atoms with Crippen LogP contribution in [0.2, 0.25) is 0 Å². The number of rotatable bonds is 65. The van der Waals surface area contributed by atoms with Gasteiger partial charge in [0.15, 0.2) is 0 Å². The SMILES string of the molecule is O=C(O)C=CCCCCCCCCCCCCCCCCCCCCCCCCCCCCCCCCCCCCCCCCCCCCCCCCCCCCCCCCCCCCCCC=CC(=O)O. The molecule has 4 heteroatoms. The normalized spacial score (nSPS) is 11.8. The predicted octanol–water partition coefficient (Wildman–Crippen LogP) is 24.5. The Morgan fingerprint density at radius 2 is 0.250 bits per heavy atom. The molecule has 0 aromatic rings. The van der Waals surface area contributed by atoms with Gasteiger partial charge in [-0.05, 0) is 25.7 Å². The van der Waals surface area contributed by atoms with Crippen LogP contribution >= 0.6 is 0 Å². The number of carboxylic acid groups (broad SMARTS) is 2. The summed E-state index contributed by atoms with van der Waals surface area (Å²) in [6.07, 6.45) is 93.9. The molecule has 0 aromatic carbocycles. The Morgan fingerprint density at radius 3 is 0.333 bits per heavy atom. The quantitative estimate of drug-likeness (QED) is 0.0470. The van der Waals surface area contributed by atoms with Crippen molar-refractivity contribution in [2.24, 2.45) is 0 Å². The van der Waals surface area contributed by atoms with Crippen LogP contribution in [-0.2, 0) is 9.59 Å². The van der Waals surface area contributed by atoms with Crippen molar-refractivity contribution in [3.8, 4) is 0 Å². The molecule has 0 aliphatic rings. The third kappa shape index (κ3) is 68.4. The Labute approximate surface area is 452 Å². The van der Waals surface area contributed by atoms with Crippen molar-refractivity contribution in [2.75, 3.05) is 0 Å². The molecular weight excluding hydrogens is 881 g/mol. The average Bonchev–Trinajstić information content (AvgIpc) is 3.37. The summed E-state index contributed by atoms with van der Waals surface area (Å²) < 4.78 is 0. The highest BCUT2D eigenvalue weighted by molar-refractivity contribution is 5.79. The molecule has 0 bridgehead atoms. The molecule has 0 atom stereocenters. The number of carbonyl (C=O) groups is 2. The Morgan fingerprint density at radius 1 is 0.167 bits per heavy atom. The maximum atomic E-state index is 10.5. The van der Waals surface area contributed by atoms with Crippen LogP contribution in [-0.4, -0.2) is 22.2 Å². The lowest BCUT2D eigenvalue weighted by atomic mass is 10.0. The molecule has 0 aliphatic heterocycles. The van der Waals surface area contributed by atoms with Gasteiger partial charge >= 0.3 is 11.9 Å². The molecule has 0 radical (unpaired) electrons. The Kier molecular flexibility index (Phi) is 64.1. The van der Waals surface area contributed by atoms with Gasteiger partial charge in [0.1, 0.15) is 0 Å². The molecule has 426 valence electrons. The van der Waals surface area contributed by atoms with E-state index in [1.807, 2.05) is 0 Å². The van der Waals surface area contributed by atoms with E-state index in [1.165, 1.54) is 385 Å². The maximum absolute atomic E-state index is 10.5. The largest absolute Gasteiger partial charge is 0.478 e. The lowest BCUT2D eigenvalue weighted by molar-refractivity contribution is -0.132. The molecule has 0 amide bonds. The third-order valence-corrected chi connectivity index (χ3v) is 16.0. The molecule has 4 nitrogen and oxygen atoms in total. The average molecular weight is 1010 g/mol. The minimum atomic E-state index is -0.828. The molecule has 0 aliphatic carbocycles. The standard InChI is InChI=1S/C68H130O4/c69-67(70)65-63-61-59-57-55-53-51-49-47-45-43-41-39-37-35-33-31-29-27-25-23-21-19-17-15-13-11-9-7-5-3-1-2-4-6-8-10-12-14-16-18-20-22-24-26-28-30-32-34-36-38-40-42-44-46-48-50-52-54-56-58-60-62-64-66-68(71)72/h63-66H,1-62H2,(H,69,70)(H,71,72). The van der Waals surface area contributed by atoms with E-state index in [1.54, 1.807) is 12.2 Å². The fraction of sp³-hybridized carbons (Fsp3) is 0.912. The Bertz CT molecular complexity index is 996. The van der Waals surface area contributed by atoms with E-state index < -0.39 is 11.9 Å². The summed E-state index contributed by atoms with van der Waals surface area (Å²) in [5, 5.41) is 17.2. The number of allylic oxidation sites excluding steroid dienone is 2. The van der Waals surface area contributed by atoms with Crippen molar-refractivity contribution < 1.29 is 19.8 Å².